The molecule has 0 spiro atoms. The molecular weight excluding hydrogens is 210 g/mol. The second kappa shape index (κ2) is 8.26. The highest BCUT2D eigenvalue weighted by Crippen LogP contribution is 2.31. The fourth-order valence-corrected chi connectivity index (χ4v) is 2.44. The van der Waals surface area contributed by atoms with E-state index in [4.69, 9.17) is 0 Å². The van der Waals surface area contributed by atoms with Crippen LogP contribution in [0.1, 0.15) is 37.7 Å². The Labute approximate surface area is 105 Å². The van der Waals surface area contributed by atoms with E-state index < -0.39 is 0 Å². The molecule has 2 N–H and O–H groups in total. The molecule has 96 valence electrons. The third kappa shape index (κ3) is 4.49. The molecule has 0 saturated carbocycles. The van der Waals surface area contributed by atoms with Crippen molar-refractivity contribution >= 4 is 0 Å². The molecule has 0 fully saturated rings. The highest BCUT2D eigenvalue weighted by molar-refractivity contribution is 5.20. The summed E-state index contributed by atoms with van der Waals surface area (Å²) in [7, 11) is 1.96. The zero-order valence-corrected chi connectivity index (χ0v) is 11.0. The van der Waals surface area contributed by atoms with Crippen molar-refractivity contribution in [3.05, 3.63) is 35.9 Å². The SMILES string of the molecule is CCCC(c1ccccc1)C(CO)CCNC. The molecule has 0 aliphatic carbocycles. The Morgan fingerprint density at radius 1 is 1.18 bits per heavy atom. The number of rotatable bonds is 8. The molecule has 1 aromatic rings. The third-order valence-electron chi connectivity index (χ3n) is 3.40. The van der Waals surface area contributed by atoms with Gasteiger partial charge < -0.3 is 10.4 Å². The molecule has 0 radical (unpaired) electrons. The molecular formula is C15H25NO. The smallest absolute Gasteiger partial charge is 0.0465 e. The number of aliphatic hydroxyl groups is 1. The predicted octanol–water partition coefficient (Wildman–Crippen LogP) is 2.79. The fourth-order valence-electron chi connectivity index (χ4n) is 2.44. The summed E-state index contributed by atoms with van der Waals surface area (Å²) >= 11 is 0. The molecule has 2 atom stereocenters. The van der Waals surface area contributed by atoms with Gasteiger partial charge in [-0.05, 0) is 43.8 Å². The predicted molar refractivity (Wildman–Crippen MR) is 73.2 cm³/mol. The molecule has 2 unspecified atom stereocenters. The molecule has 0 heterocycles. The minimum Gasteiger partial charge on any atom is -0.396 e. The van der Waals surface area contributed by atoms with E-state index in [-0.39, 0.29) is 6.61 Å². The van der Waals surface area contributed by atoms with Crippen LogP contribution in [0.4, 0.5) is 0 Å². The van der Waals surface area contributed by atoms with Crippen LogP contribution in [-0.2, 0) is 0 Å². The van der Waals surface area contributed by atoms with E-state index in [0.29, 0.717) is 11.8 Å². The van der Waals surface area contributed by atoms with Crippen molar-refractivity contribution in [3.63, 3.8) is 0 Å². The molecule has 0 aromatic heterocycles. The summed E-state index contributed by atoms with van der Waals surface area (Å²) in [6, 6.07) is 10.6. The lowest BCUT2D eigenvalue weighted by atomic mass is 9.81. The minimum absolute atomic E-state index is 0.279. The van der Waals surface area contributed by atoms with Crippen molar-refractivity contribution in [2.24, 2.45) is 5.92 Å². The van der Waals surface area contributed by atoms with E-state index in [2.05, 4.69) is 36.5 Å². The van der Waals surface area contributed by atoms with Crippen molar-refractivity contribution in [3.8, 4) is 0 Å². The second-order valence-corrected chi connectivity index (χ2v) is 4.64. The van der Waals surface area contributed by atoms with Crippen LogP contribution in [0.15, 0.2) is 30.3 Å². The summed E-state index contributed by atoms with van der Waals surface area (Å²) in [6.45, 7) is 3.46. The number of benzene rings is 1. The van der Waals surface area contributed by atoms with Gasteiger partial charge in [0, 0.05) is 6.61 Å². The number of hydrogen-bond acceptors (Lipinski definition) is 2. The maximum atomic E-state index is 9.58. The van der Waals surface area contributed by atoms with E-state index in [1.165, 1.54) is 5.56 Å². The van der Waals surface area contributed by atoms with Gasteiger partial charge in [-0.15, -0.1) is 0 Å². The maximum absolute atomic E-state index is 9.58. The lowest BCUT2D eigenvalue weighted by molar-refractivity contribution is 0.190. The first-order chi connectivity index (χ1) is 8.33. The average Bonchev–Trinajstić information content (AvgIpc) is 2.39. The van der Waals surface area contributed by atoms with Gasteiger partial charge in [-0.25, -0.2) is 0 Å². The summed E-state index contributed by atoms with van der Waals surface area (Å²) < 4.78 is 0. The van der Waals surface area contributed by atoms with Crippen LogP contribution in [0.25, 0.3) is 0 Å². The number of nitrogens with one attached hydrogen (secondary N) is 1. The quantitative estimate of drug-likeness (QED) is 0.726. The normalized spacial score (nSPS) is 14.5. The Morgan fingerprint density at radius 2 is 1.88 bits per heavy atom. The van der Waals surface area contributed by atoms with Crippen LogP contribution in [-0.4, -0.2) is 25.3 Å². The Balaban J connectivity index is 2.75. The summed E-state index contributed by atoms with van der Waals surface area (Å²) in [5, 5.41) is 12.8. The largest absolute Gasteiger partial charge is 0.396 e. The molecule has 0 saturated heterocycles. The first-order valence-electron chi connectivity index (χ1n) is 6.63. The Kier molecular flexibility index (Phi) is 6.90. The zero-order chi connectivity index (χ0) is 12.5. The van der Waals surface area contributed by atoms with Crippen LogP contribution >= 0.6 is 0 Å². The second-order valence-electron chi connectivity index (χ2n) is 4.64. The lowest BCUT2D eigenvalue weighted by Gasteiger charge is -2.26. The first kappa shape index (κ1) is 14.2. The standard InChI is InChI=1S/C15H25NO/c1-3-7-15(13-8-5-4-6-9-13)14(12-17)10-11-16-2/h4-6,8-9,14-17H,3,7,10-12H2,1-2H3. The highest BCUT2D eigenvalue weighted by atomic mass is 16.3. The minimum atomic E-state index is 0.279. The molecule has 0 aliphatic heterocycles. The summed E-state index contributed by atoms with van der Waals surface area (Å²) in [5.41, 5.74) is 1.37. The number of hydrogen-bond donors (Lipinski definition) is 2. The van der Waals surface area contributed by atoms with E-state index >= 15 is 0 Å². The van der Waals surface area contributed by atoms with Gasteiger partial charge >= 0.3 is 0 Å². The Morgan fingerprint density at radius 3 is 2.41 bits per heavy atom. The van der Waals surface area contributed by atoms with Crippen LogP contribution in [0.2, 0.25) is 0 Å². The van der Waals surface area contributed by atoms with Crippen molar-refractivity contribution < 1.29 is 5.11 Å². The Hall–Kier alpha value is -0.860. The molecule has 0 amide bonds. The molecule has 2 nitrogen and oxygen atoms in total. The first-order valence-corrected chi connectivity index (χ1v) is 6.63. The van der Waals surface area contributed by atoms with E-state index in [0.717, 1.165) is 25.8 Å². The lowest BCUT2D eigenvalue weighted by Crippen LogP contribution is -2.22. The third-order valence-corrected chi connectivity index (χ3v) is 3.40. The zero-order valence-electron chi connectivity index (χ0n) is 11.0. The molecule has 17 heavy (non-hydrogen) atoms. The molecule has 1 aromatic carbocycles. The van der Waals surface area contributed by atoms with Crippen molar-refractivity contribution in [2.45, 2.75) is 32.1 Å². The van der Waals surface area contributed by atoms with Gasteiger partial charge in [0.25, 0.3) is 0 Å². The van der Waals surface area contributed by atoms with E-state index in [1.54, 1.807) is 0 Å². The summed E-state index contributed by atoms with van der Waals surface area (Å²) in [5.74, 6) is 0.851. The van der Waals surface area contributed by atoms with Gasteiger partial charge in [0.1, 0.15) is 0 Å². The fraction of sp³-hybridized carbons (Fsp3) is 0.600. The van der Waals surface area contributed by atoms with Gasteiger partial charge in [-0.1, -0.05) is 43.7 Å². The van der Waals surface area contributed by atoms with Crippen molar-refractivity contribution in [2.75, 3.05) is 20.2 Å². The van der Waals surface area contributed by atoms with Crippen LogP contribution in [0.3, 0.4) is 0 Å². The van der Waals surface area contributed by atoms with Crippen molar-refractivity contribution in [1.82, 2.24) is 5.32 Å². The van der Waals surface area contributed by atoms with Gasteiger partial charge in [0.05, 0.1) is 0 Å². The maximum Gasteiger partial charge on any atom is 0.0465 e. The van der Waals surface area contributed by atoms with Gasteiger partial charge in [-0.3, -0.25) is 0 Å². The van der Waals surface area contributed by atoms with Crippen LogP contribution in [0, 0.1) is 5.92 Å². The van der Waals surface area contributed by atoms with Crippen LogP contribution in [0.5, 0.6) is 0 Å². The Bertz CT molecular complexity index is 286. The van der Waals surface area contributed by atoms with Crippen LogP contribution < -0.4 is 5.32 Å². The highest BCUT2D eigenvalue weighted by Gasteiger charge is 2.21. The monoisotopic (exact) mass is 235 g/mol. The summed E-state index contributed by atoms with van der Waals surface area (Å²) in [6.07, 6.45) is 3.35. The van der Waals surface area contributed by atoms with Crippen molar-refractivity contribution in [1.29, 1.82) is 0 Å². The van der Waals surface area contributed by atoms with Gasteiger partial charge in [0.2, 0.25) is 0 Å². The molecule has 0 aliphatic rings. The van der Waals surface area contributed by atoms with E-state index in [9.17, 15) is 5.11 Å². The molecule has 2 heteroatoms. The molecule has 0 bridgehead atoms. The number of aliphatic hydroxyl groups excluding tert-OH is 1. The topological polar surface area (TPSA) is 32.3 Å². The average molecular weight is 235 g/mol. The van der Waals surface area contributed by atoms with E-state index in [1.807, 2.05) is 13.1 Å². The van der Waals surface area contributed by atoms with Gasteiger partial charge in [-0.2, -0.15) is 0 Å². The molecule has 1 rings (SSSR count). The summed E-state index contributed by atoms with van der Waals surface area (Å²) in [4.78, 5) is 0. The van der Waals surface area contributed by atoms with Gasteiger partial charge in [0.15, 0.2) is 0 Å².